The molecule has 0 heterocycles. The van der Waals surface area contributed by atoms with Crippen molar-refractivity contribution in [2.45, 2.75) is 6.92 Å². The summed E-state index contributed by atoms with van der Waals surface area (Å²) >= 11 is 3.38. The average molecular weight is 320 g/mol. The van der Waals surface area contributed by atoms with E-state index >= 15 is 0 Å². The third kappa shape index (κ3) is 3.06. The molecule has 0 saturated heterocycles. The minimum Gasteiger partial charge on any atom is -0.399 e. The molecule has 0 unspecified atom stereocenters. The van der Waals surface area contributed by atoms with Gasteiger partial charge in [0.15, 0.2) is 0 Å². The second-order valence-electron chi connectivity index (χ2n) is 4.26. The van der Waals surface area contributed by atoms with E-state index in [9.17, 15) is 4.79 Å². The summed E-state index contributed by atoms with van der Waals surface area (Å²) in [6, 6.07) is 10.5. The van der Waals surface area contributed by atoms with Gasteiger partial charge in [0, 0.05) is 21.5 Å². The molecule has 0 spiro atoms. The van der Waals surface area contributed by atoms with Gasteiger partial charge in [-0.15, -0.1) is 0 Å². The Morgan fingerprint density at radius 3 is 2.53 bits per heavy atom. The molecule has 2 aromatic carbocycles. The lowest BCUT2D eigenvalue weighted by molar-refractivity contribution is 0.102. The van der Waals surface area contributed by atoms with Gasteiger partial charge < -0.3 is 16.8 Å². The number of carbonyl (C=O) groups excluding carboxylic acids is 1. The molecule has 0 fully saturated rings. The Labute approximate surface area is 119 Å². The zero-order chi connectivity index (χ0) is 14.0. The van der Waals surface area contributed by atoms with Gasteiger partial charge in [-0.05, 0) is 48.9 Å². The normalized spacial score (nSPS) is 10.2. The molecule has 0 aliphatic rings. The Morgan fingerprint density at radius 1 is 1.16 bits per heavy atom. The SMILES string of the molecule is Cc1cc(Br)ccc1NC(=O)c1ccc(N)cc1N. The molecule has 98 valence electrons. The molecule has 2 aromatic rings. The maximum Gasteiger partial charge on any atom is 0.257 e. The van der Waals surface area contributed by atoms with Gasteiger partial charge in [-0.1, -0.05) is 15.9 Å². The molecular formula is C14H14BrN3O. The molecule has 0 aromatic heterocycles. The summed E-state index contributed by atoms with van der Waals surface area (Å²) in [7, 11) is 0. The van der Waals surface area contributed by atoms with Crippen molar-refractivity contribution in [1.29, 1.82) is 0 Å². The third-order valence-electron chi connectivity index (χ3n) is 2.76. The number of carbonyl (C=O) groups is 1. The fourth-order valence-corrected chi connectivity index (χ4v) is 2.22. The number of amides is 1. The zero-order valence-corrected chi connectivity index (χ0v) is 12.0. The number of nitrogens with two attached hydrogens (primary N) is 2. The highest BCUT2D eigenvalue weighted by Gasteiger charge is 2.11. The van der Waals surface area contributed by atoms with Gasteiger partial charge in [0.05, 0.1) is 5.56 Å². The van der Waals surface area contributed by atoms with Crippen LogP contribution in [-0.4, -0.2) is 5.91 Å². The highest BCUT2D eigenvalue weighted by molar-refractivity contribution is 9.10. The van der Waals surface area contributed by atoms with E-state index in [0.29, 0.717) is 16.9 Å². The van der Waals surface area contributed by atoms with Crippen molar-refractivity contribution in [3.8, 4) is 0 Å². The lowest BCUT2D eigenvalue weighted by Gasteiger charge is -2.10. The van der Waals surface area contributed by atoms with Crippen LogP contribution in [0.1, 0.15) is 15.9 Å². The summed E-state index contributed by atoms with van der Waals surface area (Å²) in [6.07, 6.45) is 0. The first kappa shape index (κ1) is 13.4. The smallest absolute Gasteiger partial charge is 0.257 e. The van der Waals surface area contributed by atoms with Crippen LogP contribution in [0, 0.1) is 6.92 Å². The minimum absolute atomic E-state index is 0.247. The fourth-order valence-electron chi connectivity index (χ4n) is 1.74. The number of halogens is 1. The molecule has 5 heteroatoms. The highest BCUT2D eigenvalue weighted by Crippen LogP contribution is 2.22. The van der Waals surface area contributed by atoms with Crippen LogP contribution in [0.15, 0.2) is 40.9 Å². The van der Waals surface area contributed by atoms with Gasteiger partial charge >= 0.3 is 0 Å². The van der Waals surface area contributed by atoms with E-state index in [0.717, 1.165) is 15.7 Å². The predicted octanol–water partition coefficient (Wildman–Crippen LogP) is 3.17. The topological polar surface area (TPSA) is 81.1 Å². The molecule has 0 radical (unpaired) electrons. The van der Waals surface area contributed by atoms with Crippen LogP contribution in [0.25, 0.3) is 0 Å². The fraction of sp³-hybridized carbons (Fsp3) is 0.0714. The maximum absolute atomic E-state index is 12.1. The van der Waals surface area contributed by atoms with E-state index in [2.05, 4.69) is 21.2 Å². The molecule has 19 heavy (non-hydrogen) atoms. The van der Waals surface area contributed by atoms with E-state index < -0.39 is 0 Å². The average Bonchev–Trinajstić information content (AvgIpc) is 2.32. The van der Waals surface area contributed by atoms with Crippen molar-refractivity contribution < 1.29 is 4.79 Å². The first-order valence-corrected chi connectivity index (χ1v) is 6.49. The molecule has 0 atom stereocenters. The maximum atomic E-state index is 12.1. The number of anilines is 3. The van der Waals surface area contributed by atoms with Crippen LogP contribution in [0.5, 0.6) is 0 Å². The largest absolute Gasteiger partial charge is 0.399 e. The van der Waals surface area contributed by atoms with Crippen molar-refractivity contribution in [3.05, 3.63) is 52.0 Å². The molecule has 5 N–H and O–H groups in total. The molecule has 4 nitrogen and oxygen atoms in total. The highest BCUT2D eigenvalue weighted by atomic mass is 79.9. The number of nitrogens with one attached hydrogen (secondary N) is 1. The van der Waals surface area contributed by atoms with Gasteiger partial charge in [0.25, 0.3) is 5.91 Å². The second-order valence-corrected chi connectivity index (χ2v) is 5.18. The number of nitrogen functional groups attached to an aromatic ring is 2. The van der Waals surface area contributed by atoms with Gasteiger partial charge in [0.2, 0.25) is 0 Å². The number of hydrogen-bond donors (Lipinski definition) is 3. The van der Waals surface area contributed by atoms with Crippen LogP contribution in [0.4, 0.5) is 17.1 Å². The summed E-state index contributed by atoms with van der Waals surface area (Å²) in [5.74, 6) is -0.247. The Morgan fingerprint density at radius 2 is 1.89 bits per heavy atom. The van der Waals surface area contributed by atoms with E-state index in [1.165, 1.54) is 0 Å². The van der Waals surface area contributed by atoms with Crippen molar-refractivity contribution in [2.24, 2.45) is 0 Å². The van der Waals surface area contributed by atoms with Crippen LogP contribution in [0.3, 0.4) is 0 Å². The number of hydrogen-bond acceptors (Lipinski definition) is 3. The first-order chi connectivity index (χ1) is 8.97. The summed E-state index contributed by atoms with van der Waals surface area (Å²) in [5.41, 5.74) is 14.4. The molecule has 2 rings (SSSR count). The van der Waals surface area contributed by atoms with Gasteiger partial charge in [-0.25, -0.2) is 0 Å². The molecule has 1 amide bonds. The van der Waals surface area contributed by atoms with Crippen molar-refractivity contribution >= 4 is 38.9 Å². The summed E-state index contributed by atoms with van der Waals surface area (Å²) in [6.45, 7) is 1.92. The third-order valence-corrected chi connectivity index (χ3v) is 3.25. The van der Waals surface area contributed by atoms with Crippen LogP contribution in [0.2, 0.25) is 0 Å². The number of rotatable bonds is 2. The van der Waals surface area contributed by atoms with Crippen molar-refractivity contribution in [3.63, 3.8) is 0 Å². The summed E-state index contributed by atoms with van der Waals surface area (Å²) in [5, 5.41) is 2.83. The van der Waals surface area contributed by atoms with E-state index in [4.69, 9.17) is 11.5 Å². The van der Waals surface area contributed by atoms with Crippen molar-refractivity contribution in [1.82, 2.24) is 0 Å². The van der Waals surface area contributed by atoms with E-state index in [1.54, 1.807) is 18.2 Å². The standard InChI is InChI=1S/C14H14BrN3O/c1-8-6-9(15)2-5-13(8)18-14(19)11-4-3-10(16)7-12(11)17/h2-7H,16-17H2,1H3,(H,18,19). The van der Waals surface area contributed by atoms with Crippen LogP contribution < -0.4 is 16.8 Å². The Hall–Kier alpha value is -2.01. The Balaban J connectivity index is 2.25. The van der Waals surface area contributed by atoms with Crippen molar-refractivity contribution in [2.75, 3.05) is 16.8 Å². The number of benzene rings is 2. The van der Waals surface area contributed by atoms with E-state index in [-0.39, 0.29) is 5.91 Å². The zero-order valence-electron chi connectivity index (χ0n) is 10.4. The molecule has 0 aliphatic carbocycles. The lowest BCUT2D eigenvalue weighted by Crippen LogP contribution is -2.14. The van der Waals surface area contributed by atoms with Gasteiger partial charge in [-0.3, -0.25) is 4.79 Å². The summed E-state index contributed by atoms with van der Waals surface area (Å²) in [4.78, 5) is 12.1. The summed E-state index contributed by atoms with van der Waals surface area (Å²) < 4.78 is 0.968. The molecule has 0 aliphatic heterocycles. The lowest BCUT2D eigenvalue weighted by atomic mass is 10.1. The monoisotopic (exact) mass is 319 g/mol. The minimum atomic E-state index is -0.247. The molecule has 0 saturated carbocycles. The van der Waals surface area contributed by atoms with E-state index in [1.807, 2.05) is 25.1 Å². The number of aryl methyl sites for hydroxylation is 1. The molecule has 0 bridgehead atoms. The predicted molar refractivity (Wildman–Crippen MR) is 82.1 cm³/mol. The Bertz CT molecular complexity index is 641. The van der Waals surface area contributed by atoms with Gasteiger partial charge in [0.1, 0.15) is 0 Å². The van der Waals surface area contributed by atoms with Crippen LogP contribution >= 0.6 is 15.9 Å². The molecular weight excluding hydrogens is 306 g/mol. The first-order valence-electron chi connectivity index (χ1n) is 5.70. The quantitative estimate of drug-likeness (QED) is 0.743. The van der Waals surface area contributed by atoms with Gasteiger partial charge in [-0.2, -0.15) is 0 Å². The Kier molecular flexibility index (Phi) is 3.76. The van der Waals surface area contributed by atoms with Crippen LogP contribution in [-0.2, 0) is 0 Å². The second kappa shape index (κ2) is 5.32.